The third-order valence-corrected chi connectivity index (χ3v) is 4.53. The minimum absolute atomic E-state index is 0.0510. The molecule has 2 amide bonds. The van der Waals surface area contributed by atoms with Crippen molar-refractivity contribution in [2.75, 3.05) is 31.1 Å². The zero-order chi connectivity index (χ0) is 13.3. The second-order valence-electron chi connectivity index (χ2n) is 4.51. The standard InChI is InChI=1S/C10H16N2O5S/c13-7-5-8(9(14)15)12(6-7)10(16)11-1-3-18(17)4-2-11/h7-8,13H,1-6H2,(H,14,15)/t7-,8+/m1/s1. The monoisotopic (exact) mass is 276 g/mol. The van der Waals surface area contributed by atoms with Gasteiger partial charge in [0.05, 0.1) is 6.10 Å². The Morgan fingerprint density at radius 2 is 1.83 bits per heavy atom. The molecule has 2 saturated heterocycles. The first-order valence-corrected chi connectivity index (χ1v) is 7.29. The van der Waals surface area contributed by atoms with Crippen LogP contribution in [0.1, 0.15) is 6.42 Å². The Morgan fingerprint density at radius 3 is 2.39 bits per heavy atom. The van der Waals surface area contributed by atoms with Crippen LogP contribution in [0.4, 0.5) is 4.79 Å². The molecule has 0 radical (unpaired) electrons. The number of likely N-dealkylation sites (tertiary alicyclic amines) is 1. The molecule has 2 heterocycles. The fourth-order valence-electron chi connectivity index (χ4n) is 2.27. The highest BCUT2D eigenvalue weighted by molar-refractivity contribution is 7.85. The number of carbonyl (C=O) groups excluding carboxylic acids is 1. The van der Waals surface area contributed by atoms with Gasteiger partial charge in [0, 0.05) is 48.4 Å². The Morgan fingerprint density at radius 1 is 1.22 bits per heavy atom. The molecule has 2 fully saturated rings. The normalized spacial score (nSPS) is 29.6. The molecule has 0 saturated carbocycles. The minimum Gasteiger partial charge on any atom is -0.480 e. The summed E-state index contributed by atoms with van der Waals surface area (Å²) in [6.45, 7) is 0.810. The number of aliphatic hydroxyl groups is 1. The van der Waals surface area contributed by atoms with Gasteiger partial charge in [0.25, 0.3) is 0 Å². The van der Waals surface area contributed by atoms with Crippen molar-refractivity contribution in [3.05, 3.63) is 0 Å². The van der Waals surface area contributed by atoms with Crippen molar-refractivity contribution in [2.45, 2.75) is 18.6 Å². The summed E-state index contributed by atoms with van der Waals surface area (Å²) in [6.07, 6.45) is -0.713. The molecule has 0 aromatic heterocycles. The van der Waals surface area contributed by atoms with Gasteiger partial charge in [-0.15, -0.1) is 0 Å². The molecule has 8 heteroatoms. The molecule has 2 atom stereocenters. The van der Waals surface area contributed by atoms with Crippen LogP contribution in [0.25, 0.3) is 0 Å². The van der Waals surface area contributed by atoms with Crippen LogP contribution in [0.2, 0.25) is 0 Å². The van der Waals surface area contributed by atoms with E-state index in [1.807, 2.05) is 0 Å². The number of carbonyl (C=O) groups is 2. The molecule has 2 rings (SSSR count). The molecule has 102 valence electrons. The molecule has 0 unspecified atom stereocenters. The van der Waals surface area contributed by atoms with Crippen LogP contribution in [-0.4, -0.2) is 79.5 Å². The molecular weight excluding hydrogens is 260 g/mol. The number of hydrogen-bond donors (Lipinski definition) is 2. The first-order chi connectivity index (χ1) is 8.49. The number of aliphatic carboxylic acids is 1. The van der Waals surface area contributed by atoms with Gasteiger partial charge in [-0.3, -0.25) is 4.21 Å². The third-order valence-electron chi connectivity index (χ3n) is 3.26. The Labute approximate surface area is 107 Å². The van der Waals surface area contributed by atoms with E-state index in [-0.39, 0.29) is 19.0 Å². The molecule has 0 aromatic rings. The summed E-state index contributed by atoms with van der Waals surface area (Å²) in [4.78, 5) is 25.9. The van der Waals surface area contributed by atoms with Crippen LogP contribution in [0.5, 0.6) is 0 Å². The predicted molar refractivity (Wildman–Crippen MR) is 63.6 cm³/mol. The minimum atomic E-state index is -1.10. The first kappa shape index (κ1) is 13.3. The average Bonchev–Trinajstić information content (AvgIpc) is 2.71. The molecule has 0 bridgehead atoms. The fraction of sp³-hybridized carbons (Fsp3) is 0.800. The summed E-state index contributed by atoms with van der Waals surface area (Å²) >= 11 is 0. The zero-order valence-corrected chi connectivity index (χ0v) is 10.6. The number of rotatable bonds is 1. The summed E-state index contributed by atoms with van der Waals surface area (Å²) in [5.74, 6) is -0.236. The van der Waals surface area contributed by atoms with Crippen molar-refractivity contribution < 1.29 is 24.0 Å². The Hall–Kier alpha value is -1.15. The van der Waals surface area contributed by atoms with Gasteiger partial charge in [-0.2, -0.15) is 0 Å². The van der Waals surface area contributed by atoms with E-state index in [0.717, 1.165) is 0 Å². The van der Waals surface area contributed by atoms with Crippen LogP contribution < -0.4 is 0 Å². The van der Waals surface area contributed by atoms with Crippen molar-refractivity contribution in [1.82, 2.24) is 9.80 Å². The van der Waals surface area contributed by atoms with Gasteiger partial charge < -0.3 is 20.0 Å². The van der Waals surface area contributed by atoms with Gasteiger partial charge in [-0.05, 0) is 0 Å². The van der Waals surface area contributed by atoms with Gasteiger partial charge in [0.1, 0.15) is 6.04 Å². The number of carboxylic acids is 1. The number of aliphatic hydroxyl groups excluding tert-OH is 1. The van der Waals surface area contributed by atoms with E-state index in [4.69, 9.17) is 5.11 Å². The van der Waals surface area contributed by atoms with Gasteiger partial charge >= 0.3 is 12.0 Å². The lowest BCUT2D eigenvalue weighted by Crippen LogP contribution is -2.51. The number of nitrogens with zero attached hydrogens (tertiary/aromatic N) is 2. The van der Waals surface area contributed by atoms with E-state index in [1.54, 1.807) is 0 Å². The summed E-state index contributed by atoms with van der Waals surface area (Å²) in [7, 11) is -0.882. The van der Waals surface area contributed by atoms with E-state index in [1.165, 1.54) is 9.80 Å². The number of hydrogen-bond acceptors (Lipinski definition) is 4. The van der Waals surface area contributed by atoms with Gasteiger partial charge in [0.2, 0.25) is 0 Å². The fourth-order valence-corrected chi connectivity index (χ4v) is 3.32. The van der Waals surface area contributed by atoms with E-state index in [0.29, 0.717) is 24.6 Å². The Balaban J connectivity index is 2.03. The number of urea groups is 1. The van der Waals surface area contributed by atoms with Crippen LogP contribution in [0.3, 0.4) is 0 Å². The molecule has 2 aliphatic rings. The number of carboxylic acid groups (broad SMARTS) is 1. The van der Waals surface area contributed by atoms with Crippen LogP contribution in [0.15, 0.2) is 0 Å². The van der Waals surface area contributed by atoms with Crippen molar-refractivity contribution in [3.8, 4) is 0 Å². The van der Waals surface area contributed by atoms with E-state index >= 15 is 0 Å². The molecule has 0 aliphatic carbocycles. The molecule has 0 spiro atoms. The quantitative estimate of drug-likeness (QED) is 0.619. The lowest BCUT2D eigenvalue weighted by Gasteiger charge is -2.32. The van der Waals surface area contributed by atoms with Crippen LogP contribution in [-0.2, 0) is 15.6 Å². The smallest absolute Gasteiger partial charge is 0.326 e. The summed E-state index contributed by atoms with van der Waals surface area (Å²) in [6, 6.07) is -1.34. The second-order valence-corrected chi connectivity index (χ2v) is 6.21. The second kappa shape index (κ2) is 5.23. The highest BCUT2D eigenvalue weighted by Gasteiger charge is 2.40. The largest absolute Gasteiger partial charge is 0.480 e. The summed E-state index contributed by atoms with van der Waals surface area (Å²) in [5, 5.41) is 18.5. The van der Waals surface area contributed by atoms with Crippen molar-refractivity contribution in [1.29, 1.82) is 0 Å². The van der Waals surface area contributed by atoms with Crippen LogP contribution in [0, 0.1) is 0 Å². The van der Waals surface area contributed by atoms with Crippen molar-refractivity contribution in [3.63, 3.8) is 0 Å². The van der Waals surface area contributed by atoms with Crippen LogP contribution >= 0.6 is 0 Å². The SMILES string of the molecule is O=C(O)[C@@H]1C[C@@H](O)CN1C(=O)N1CCS(=O)CC1. The van der Waals surface area contributed by atoms with E-state index in [9.17, 15) is 18.9 Å². The molecule has 18 heavy (non-hydrogen) atoms. The Kier molecular flexibility index (Phi) is 3.86. The zero-order valence-electron chi connectivity index (χ0n) is 9.82. The average molecular weight is 276 g/mol. The molecule has 2 aliphatic heterocycles. The maximum atomic E-state index is 12.1. The highest BCUT2D eigenvalue weighted by atomic mass is 32.2. The lowest BCUT2D eigenvalue weighted by atomic mass is 10.2. The molecular formula is C10H16N2O5S. The van der Waals surface area contributed by atoms with E-state index in [2.05, 4.69) is 0 Å². The first-order valence-electron chi connectivity index (χ1n) is 5.80. The maximum Gasteiger partial charge on any atom is 0.326 e. The maximum absolute atomic E-state index is 12.1. The van der Waals surface area contributed by atoms with E-state index < -0.39 is 28.9 Å². The van der Waals surface area contributed by atoms with Gasteiger partial charge in [0.15, 0.2) is 0 Å². The summed E-state index contributed by atoms with van der Waals surface area (Å²) in [5.41, 5.74) is 0. The predicted octanol–water partition coefficient (Wildman–Crippen LogP) is -1.31. The topological polar surface area (TPSA) is 98.2 Å². The highest BCUT2D eigenvalue weighted by Crippen LogP contribution is 2.20. The van der Waals surface area contributed by atoms with Crippen molar-refractivity contribution >= 4 is 22.8 Å². The lowest BCUT2D eigenvalue weighted by molar-refractivity contribution is -0.141. The number of β-amino-alcohol motifs (C(OH)–C–C–N with tert-alkyl or cyclic N) is 1. The van der Waals surface area contributed by atoms with Gasteiger partial charge in [-0.1, -0.05) is 0 Å². The van der Waals surface area contributed by atoms with Crippen molar-refractivity contribution in [2.24, 2.45) is 0 Å². The molecule has 7 nitrogen and oxygen atoms in total. The molecule has 0 aromatic carbocycles. The van der Waals surface area contributed by atoms with Gasteiger partial charge in [-0.25, -0.2) is 9.59 Å². The Bertz CT molecular complexity index is 378. The summed E-state index contributed by atoms with van der Waals surface area (Å²) < 4.78 is 11.2. The molecule has 2 N–H and O–H groups in total. The third kappa shape index (κ3) is 2.64. The number of amides is 2.